The van der Waals surface area contributed by atoms with E-state index in [0.29, 0.717) is 26.2 Å². The zero-order valence-electron chi connectivity index (χ0n) is 16.1. The van der Waals surface area contributed by atoms with Gasteiger partial charge in [-0.2, -0.15) is 4.31 Å². The summed E-state index contributed by atoms with van der Waals surface area (Å²) in [6.45, 7) is 3.63. The number of ether oxygens (including phenoxy) is 1. The molecule has 4 rings (SSSR count). The second-order valence-corrected chi connectivity index (χ2v) is 9.16. The first kappa shape index (κ1) is 19.0. The van der Waals surface area contributed by atoms with Crippen LogP contribution in [0, 0.1) is 6.92 Å². The number of amides is 1. The molecule has 7 nitrogen and oxygen atoms in total. The molecule has 1 aromatic carbocycles. The number of benzene rings is 1. The fourth-order valence-corrected chi connectivity index (χ4v) is 5.56. The second-order valence-electron chi connectivity index (χ2n) is 7.25. The molecule has 8 heteroatoms. The fraction of sp³-hybridized carbons (Fsp3) is 0.450. The number of aryl methyl sites for hydroxylation is 1. The van der Waals surface area contributed by atoms with Crippen LogP contribution in [0.15, 0.2) is 33.6 Å². The van der Waals surface area contributed by atoms with E-state index in [4.69, 9.17) is 9.15 Å². The van der Waals surface area contributed by atoms with Crippen LogP contribution >= 0.6 is 0 Å². The molecule has 0 spiro atoms. The van der Waals surface area contributed by atoms with E-state index in [1.54, 1.807) is 18.9 Å². The van der Waals surface area contributed by atoms with E-state index >= 15 is 0 Å². The molecule has 0 radical (unpaired) electrons. The summed E-state index contributed by atoms with van der Waals surface area (Å²) in [5.74, 6) is 0.788. The molecular weight excluding hydrogens is 380 g/mol. The van der Waals surface area contributed by atoms with Crippen LogP contribution in [0.25, 0.3) is 0 Å². The average molecular weight is 404 g/mol. The number of carbonyl (C=O) groups is 1. The van der Waals surface area contributed by atoms with E-state index in [2.05, 4.69) is 0 Å². The van der Waals surface area contributed by atoms with Crippen molar-refractivity contribution >= 4 is 15.9 Å². The minimum absolute atomic E-state index is 0.0709. The molecule has 150 valence electrons. The van der Waals surface area contributed by atoms with Crippen molar-refractivity contribution in [2.75, 3.05) is 26.7 Å². The predicted molar refractivity (Wildman–Crippen MR) is 103 cm³/mol. The highest BCUT2D eigenvalue weighted by molar-refractivity contribution is 7.89. The molecule has 2 aliphatic heterocycles. The highest BCUT2D eigenvalue weighted by Gasteiger charge is 2.33. The minimum Gasteiger partial charge on any atom is -0.497 e. The van der Waals surface area contributed by atoms with E-state index in [-0.39, 0.29) is 22.3 Å². The summed E-state index contributed by atoms with van der Waals surface area (Å²) in [4.78, 5) is 14.8. The summed E-state index contributed by atoms with van der Waals surface area (Å²) in [6.07, 6.45) is 2.46. The Labute approximate surface area is 164 Å². The quantitative estimate of drug-likeness (QED) is 0.783. The number of hydrogen-bond donors (Lipinski definition) is 0. The van der Waals surface area contributed by atoms with E-state index in [1.165, 1.54) is 15.9 Å². The molecule has 0 N–H and O–H groups in total. The van der Waals surface area contributed by atoms with Crippen molar-refractivity contribution in [1.29, 1.82) is 0 Å². The van der Waals surface area contributed by atoms with E-state index < -0.39 is 10.0 Å². The first-order valence-corrected chi connectivity index (χ1v) is 10.9. The van der Waals surface area contributed by atoms with Gasteiger partial charge in [-0.1, -0.05) is 6.07 Å². The number of rotatable bonds is 4. The van der Waals surface area contributed by atoms with Gasteiger partial charge in [0, 0.05) is 32.2 Å². The van der Waals surface area contributed by atoms with Crippen molar-refractivity contribution in [2.24, 2.45) is 0 Å². The Morgan fingerprint density at radius 2 is 1.86 bits per heavy atom. The third kappa shape index (κ3) is 3.31. The SMILES string of the molecule is COc1ccc2c(c1)CN(C(=O)c1cc(S(=O)(=O)N3CCCC3)c(C)o1)CC2. The molecule has 0 unspecified atom stereocenters. The molecule has 1 amide bonds. The number of methoxy groups -OCH3 is 1. The number of furan rings is 1. The van der Waals surface area contributed by atoms with Gasteiger partial charge in [0.15, 0.2) is 5.76 Å². The van der Waals surface area contributed by atoms with Crippen LogP contribution in [0.2, 0.25) is 0 Å². The summed E-state index contributed by atoms with van der Waals surface area (Å²) < 4.78 is 38.0. The van der Waals surface area contributed by atoms with Crippen molar-refractivity contribution in [1.82, 2.24) is 9.21 Å². The van der Waals surface area contributed by atoms with Gasteiger partial charge in [0.1, 0.15) is 16.4 Å². The summed E-state index contributed by atoms with van der Waals surface area (Å²) in [6, 6.07) is 7.26. The highest BCUT2D eigenvalue weighted by Crippen LogP contribution is 2.29. The predicted octanol–water partition coefficient (Wildman–Crippen LogP) is 2.58. The maximum Gasteiger partial charge on any atom is 0.289 e. The summed E-state index contributed by atoms with van der Waals surface area (Å²) in [5, 5.41) is 0. The van der Waals surface area contributed by atoms with Crippen LogP contribution in [0.1, 0.15) is 40.3 Å². The highest BCUT2D eigenvalue weighted by atomic mass is 32.2. The van der Waals surface area contributed by atoms with Crippen LogP contribution in [0.3, 0.4) is 0 Å². The monoisotopic (exact) mass is 404 g/mol. The van der Waals surface area contributed by atoms with E-state index in [1.807, 2.05) is 18.2 Å². The zero-order chi connectivity index (χ0) is 19.9. The molecule has 1 aromatic heterocycles. The normalized spacial score (nSPS) is 17.6. The Hall–Kier alpha value is -2.32. The first-order valence-electron chi connectivity index (χ1n) is 9.46. The molecule has 0 saturated carbocycles. The number of hydrogen-bond acceptors (Lipinski definition) is 5. The van der Waals surface area contributed by atoms with Crippen molar-refractivity contribution < 1.29 is 22.4 Å². The summed E-state index contributed by atoms with van der Waals surface area (Å²) in [7, 11) is -2.01. The smallest absolute Gasteiger partial charge is 0.289 e. The Bertz CT molecular complexity index is 1010. The summed E-state index contributed by atoms with van der Waals surface area (Å²) in [5.41, 5.74) is 2.23. The van der Waals surface area contributed by atoms with Crippen molar-refractivity contribution in [2.45, 2.75) is 37.6 Å². The van der Waals surface area contributed by atoms with Gasteiger partial charge in [0.2, 0.25) is 10.0 Å². The topological polar surface area (TPSA) is 80.1 Å². The molecule has 3 heterocycles. The molecule has 0 bridgehead atoms. The van der Waals surface area contributed by atoms with Gasteiger partial charge in [0.05, 0.1) is 7.11 Å². The second kappa shape index (κ2) is 7.25. The fourth-order valence-electron chi connectivity index (χ4n) is 3.88. The van der Waals surface area contributed by atoms with Crippen LogP contribution in [-0.4, -0.2) is 50.3 Å². The van der Waals surface area contributed by atoms with E-state index in [0.717, 1.165) is 30.6 Å². The standard InChI is InChI=1S/C20H24N2O5S/c1-14-19(28(24,25)22-8-3-4-9-22)12-18(27-14)20(23)21-10-7-15-5-6-17(26-2)11-16(15)13-21/h5-6,11-12H,3-4,7-10,13H2,1-2H3. The lowest BCUT2D eigenvalue weighted by Crippen LogP contribution is -2.35. The van der Waals surface area contributed by atoms with Crippen LogP contribution < -0.4 is 4.74 Å². The Morgan fingerprint density at radius 3 is 2.57 bits per heavy atom. The Morgan fingerprint density at radius 1 is 1.11 bits per heavy atom. The zero-order valence-corrected chi connectivity index (χ0v) is 16.9. The molecule has 2 aromatic rings. The van der Waals surface area contributed by atoms with Gasteiger partial charge in [0.25, 0.3) is 5.91 Å². The van der Waals surface area contributed by atoms with Crippen molar-refractivity contribution in [3.8, 4) is 5.75 Å². The maximum absolute atomic E-state index is 13.0. The third-order valence-electron chi connectivity index (χ3n) is 5.48. The first-order chi connectivity index (χ1) is 13.4. The van der Waals surface area contributed by atoms with Gasteiger partial charge in [-0.3, -0.25) is 4.79 Å². The van der Waals surface area contributed by atoms with Gasteiger partial charge < -0.3 is 14.1 Å². The number of fused-ring (bicyclic) bond motifs is 1. The van der Waals surface area contributed by atoms with Gasteiger partial charge in [-0.15, -0.1) is 0 Å². The Balaban J connectivity index is 1.57. The molecule has 2 aliphatic rings. The number of sulfonamides is 1. The lowest BCUT2D eigenvalue weighted by molar-refractivity contribution is 0.0700. The molecule has 28 heavy (non-hydrogen) atoms. The van der Waals surface area contributed by atoms with Gasteiger partial charge in [-0.05, 0) is 49.4 Å². The molecule has 0 aliphatic carbocycles. The minimum atomic E-state index is -3.62. The van der Waals surface area contributed by atoms with Crippen molar-refractivity contribution in [3.63, 3.8) is 0 Å². The van der Waals surface area contributed by atoms with Crippen LogP contribution in [0.4, 0.5) is 0 Å². The average Bonchev–Trinajstić information content (AvgIpc) is 3.37. The largest absolute Gasteiger partial charge is 0.497 e. The molecular formula is C20H24N2O5S. The number of nitrogens with zero attached hydrogens (tertiary/aromatic N) is 2. The van der Waals surface area contributed by atoms with Gasteiger partial charge >= 0.3 is 0 Å². The van der Waals surface area contributed by atoms with E-state index in [9.17, 15) is 13.2 Å². The van der Waals surface area contributed by atoms with Gasteiger partial charge in [-0.25, -0.2) is 8.42 Å². The van der Waals surface area contributed by atoms with Crippen LogP contribution in [0.5, 0.6) is 5.75 Å². The molecule has 0 atom stereocenters. The van der Waals surface area contributed by atoms with Crippen molar-refractivity contribution in [3.05, 3.63) is 46.9 Å². The number of carbonyl (C=O) groups excluding carboxylic acids is 1. The molecule has 1 saturated heterocycles. The lowest BCUT2D eigenvalue weighted by Gasteiger charge is -2.28. The Kier molecular flexibility index (Phi) is 4.93. The summed E-state index contributed by atoms with van der Waals surface area (Å²) >= 11 is 0. The van der Waals surface area contributed by atoms with Crippen LogP contribution in [-0.2, 0) is 23.0 Å². The molecule has 1 fully saturated rings. The third-order valence-corrected chi connectivity index (χ3v) is 7.48. The maximum atomic E-state index is 13.0. The lowest BCUT2D eigenvalue weighted by atomic mass is 9.99.